The Morgan fingerprint density at radius 3 is 2.41 bits per heavy atom. The van der Waals surface area contributed by atoms with Crippen LogP contribution in [0.4, 0.5) is 0 Å². The summed E-state index contributed by atoms with van der Waals surface area (Å²) in [7, 11) is -3.39. The van der Waals surface area contributed by atoms with Crippen LogP contribution in [-0.4, -0.2) is 20.7 Å². The molecular formula is C16H16BrNO2S2. The number of benzene rings is 2. The number of rotatable bonds is 7. The van der Waals surface area contributed by atoms with Crippen molar-refractivity contribution in [1.82, 2.24) is 4.72 Å². The van der Waals surface area contributed by atoms with Crippen LogP contribution in [-0.2, 0) is 10.0 Å². The van der Waals surface area contributed by atoms with Crippen molar-refractivity contribution in [2.75, 3.05) is 12.3 Å². The number of hydrogen-bond donors (Lipinski definition) is 1. The van der Waals surface area contributed by atoms with Crippen molar-refractivity contribution in [1.29, 1.82) is 0 Å². The predicted octanol–water partition coefficient (Wildman–Crippen LogP) is 4.13. The second-order valence-electron chi connectivity index (χ2n) is 4.46. The molecule has 0 spiro atoms. The lowest BCUT2D eigenvalue weighted by Crippen LogP contribution is -2.23. The molecule has 0 amide bonds. The van der Waals surface area contributed by atoms with Crippen molar-refractivity contribution in [3.63, 3.8) is 0 Å². The molecule has 0 bridgehead atoms. The first-order valence-corrected chi connectivity index (χ1v) is 9.99. The Kier molecular flexibility index (Phi) is 6.70. The van der Waals surface area contributed by atoms with Crippen molar-refractivity contribution >= 4 is 43.8 Å². The number of thioether (sulfide) groups is 1. The van der Waals surface area contributed by atoms with E-state index in [9.17, 15) is 8.42 Å². The Labute approximate surface area is 144 Å². The standard InChI is InChI=1S/C16H16BrNO2S2/c17-15-6-8-16(9-7-15)21-12-11-18-22(19,20)13-10-14-4-2-1-3-5-14/h1-10,13,18H,11-12H2/b13-10+. The van der Waals surface area contributed by atoms with Gasteiger partial charge in [0.05, 0.1) is 0 Å². The van der Waals surface area contributed by atoms with Gasteiger partial charge < -0.3 is 0 Å². The monoisotopic (exact) mass is 397 g/mol. The molecule has 0 unspecified atom stereocenters. The summed E-state index contributed by atoms with van der Waals surface area (Å²) in [5.74, 6) is 0.681. The highest BCUT2D eigenvalue weighted by atomic mass is 79.9. The van der Waals surface area contributed by atoms with Gasteiger partial charge in [-0.1, -0.05) is 46.3 Å². The molecule has 0 heterocycles. The molecule has 0 saturated carbocycles. The lowest BCUT2D eigenvalue weighted by atomic mass is 10.2. The van der Waals surface area contributed by atoms with Gasteiger partial charge in [0.1, 0.15) is 0 Å². The summed E-state index contributed by atoms with van der Waals surface area (Å²) in [5, 5.41) is 1.20. The smallest absolute Gasteiger partial charge is 0.211 e. The fourth-order valence-corrected chi connectivity index (χ4v) is 3.65. The molecule has 6 heteroatoms. The molecule has 0 atom stereocenters. The van der Waals surface area contributed by atoms with E-state index >= 15 is 0 Å². The van der Waals surface area contributed by atoms with E-state index in [1.54, 1.807) is 17.8 Å². The highest BCUT2D eigenvalue weighted by Gasteiger charge is 2.04. The highest BCUT2D eigenvalue weighted by Crippen LogP contribution is 2.20. The average Bonchev–Trinajstić information content (AvgIpc) is 2.52. The first-order valence-electron chi connectivity index (χ1n) is 6.66. The van der Waals surface area contributed by atoms with E-state index in [1.807, 2.05) is 54.6 Å². The first kappa shape index (κ1) is 17.3. The first-order chi connectivity index (χ1) is 10.6. The van der Waals surface area contributed by atoms with Crippen molar-refractivity contribution in [3.8, 4) is 0 Å². The number of nitrogens with one attached hydrogen (secondary N) is 1. The molecule has 2 aromatic carbocycles. The van der Waals surface area contributed by atoms with Crippen LogP contribution in [0.15, 0.2) is 69.4 Å². The third-order valence-corrected chi connectivity index (χ3v) is 5.37. The normalized spacial score (nSPS) is 11.9. The van der Waals surface area contributed by atoms with E-state index in [0.29, 0.717) is 12.3 Å². The largest absolute Gasteiger partial charge is 0.233 e. The van der Waals surface area contributed by atoms with Crippen LogP contribution in [0.3, 0.4) is 0 Å². The van der Waals surface area contributed by atoms with E-state index in [0.717, 1.165) is 14.9 Å². The minimum atomic E-state index is -3.39. The Morgan fingerprint density at radius 2 is 1.73 bits per heavy atom. The molecule has 0 radical (unpaired) electrons. The summed E-state index contributed by atoms with van der Waals surface area (Å²) < 4.78 is 27.3. The Hall–Kier alpha value is -1.08. The van der Waals surface area contributed by atoms with Crippen molar-refractivity contribution in [2.45, 2.75) is 4.90 Å². The van der Waals surface area contributed by atoms with Crippen LogP contribution in [0.2, 0.25) is 0 Å². The molecule has 0 aliphatic rings. The number of sulfonamides is 1. The lowest BCUT2D eigenvalue weighted by Gasteiger charge is -2.03. The Bertz CT molecular complexity index is 714. The maximum atomic E-state index is 11.8. The summed E-state index contributed by atoms with van der Waals surface area (Å²) >= 11 is 4.99. The van der Waals surface area contributed by atoms with Crippen LogP contribution < -0.4 is 4.72 Å². The summed E-state index contributed by atoms with van der Waals surface area (Å²) in [6.45, 7) is 0.391. The van der Waals surface area contributed by atoms with Crippen LogP contribution in [0.25, 0.3) is 6.08 Å². The third-order valence-electron chi connectivity index (χ3n) is 2.73. The van der Waals surface area contributed by atoms with Gasteiger partial charge in [0.2, 0.25) is 10.0 Å². The quantitative estimate of drug-likeness (QED) is 0.564. The maximum Gasteiger partial charge on any atom is 0.233 e. The van der Waals surface area contributed by atoms with Gasteiger partial charge in [-0.2, -0.15) is 0 Å². The van der Waals surface area contributed by atoms with E-state index in [2.05, 4.69) is 20.7 Å². The number of halogens is 1. The van der Waals surface area contributed by atoms with Crippen molar-refractivity contribution < 1.29 is 8.42 Å². The molecular weight excluding hydrogens is 382 g/mol. The molecule has 0 aliphatic heterocycles. The van der Waals surface area contributed by atoms with Crippen molar-refractivity contribution in [3.05, 3.63) is 70.0 Å². The average molecular weight is 398 g/mol. The molecule has 0 saturated heterocycles. The van der Waals surface area contributed by atoms with E-state index in [4.69, 9.17) is 0 Å². The summed E-state index contributed by atoms with van der Waals surface area (Å²) in [4.78, 5) is 1.11. The van der Waals surface area contributed by atoms with Gasteiger partial charge in [-0.25, -0.2) is 13.1 Å². The minimum Gasteiger partial charge on any atom is -0.211 e. The number of hydrogen-bond acceptors (Lipinski definition) is 3. The van der Waals surface area contributed by atoms with Gasteiger partial charge in [-0.15, -0.1) is 11.8 Å². The van der Waals surface area contributed by atoms with E-state index in [-0.39, 0.29) is 0 Å². The maximum absolute atomic E-state index is 11.8. The Balaban J connectivity index is 1.78. The lowest BCUT2D eigenvalue weighted by molar-refractivity contribution is 0.593. The molecule has 116 valence electrons. The van der Waals surface area contributed by atoms with Gasteiger partial charge >= 0.3 is 0 Å². The second kappa shape index (κ2) is 8.53. The summed E-state index contributed by atoms with van der Waals surface area (Å²) in [6.07, 6.45) is 1.59. The Morgan fingerprint density at radius 1 is 1.05 bits per heavy atom. The third kappa shape index (κ3) is 6.36. The molecule has 0 aliphatic carbocycles. The van der Waals surface area contributed by atoms with Gasteiger partial charge in [0.15, 0.2) is 0 Å². The SMILES string of the molecule is O=S(=O)(/C=C/c1ccccc1)NCCSc1ccc(Br)cc1. The van der Waals surface area contributed by atoms with Crippen LogP contribution in [0.1, 0.15) is 5.56 Å². The molecule has 2 rings (SSSR count). The van der Waals surface area contributed by atoms with E-state index < -0.39 is 10.0 Å². The zero-order valence-electron chi connectivity index (χ0n) is 11.8. The summed E-state index contributed by atoms with van der Waals surface area (Å²) in [5.41, 5.74) is 0.858. The molecule has 1 N–H and O–H groups in total. The topological polar surface area (TPSA) is 46.2 Å². The van der Waals surface area contributed by atoms with Gasteiger partial charge in [-0.3, -0.25) is 0 Å². The predicted molar refractivity (Wildman–Crippen MR) is 97.3 cm³/mol. The van der Waals surface area contributed by atoms with Crippen LogP contribution in [0, 0.1) is 0 Å². The molecule has 0 aromatic heterocycles. The fourth-order valence-electron chi connectivity index (χ4n) is 1.66. The fraction of sp³-hybridized carbons (Fsp3) is 0.125. The van der Waals surface area contributed by atoms with Crippen LogP contribution in [0.5, 0.6) is 0 Å². The highest BCUT2D eigenvalue weighted by molar-refractivity contribution is 9.10. The zero-order valence-corrected chi connectivity index (χ0v) is 15.0. The van der Waals surface area contributed by atoms with Gasteiger partial charge in [0, 0.05) is 27.1 Å². The van der Waals surface area contributed by atoms with Crippen molar-refractivity contribution in [2.24, 2.45) is 0 Å². The van der Waals surface area contributed by atoms with Crippen LogP contribution >= 0.6 is 27.7 Å². The molecule has 0 fully saturated rings. The molecule has 3 nitrogen and oxygen atoms in total. The zero-order chi connectivity index (χ0) is 15.8. The van der Waals surface area contributed by atoms with E-state index in [1.165, 1.54) is 5.41 Å². The summed E-state index contributed by atoms with van der Waals surface area (Å²) in [6, 6.07) is 17.3. The minimum absolute atomic E-state index is 0.391. The second-order valence-corrected chi connectivity index (χ2v) is 8.19. The molecule has 22 heavy (non-hydrogen) atoms. The van der Waals surface area contributed by atoms with Gasteiger partial charge in [0.25, 0.3) is 0 Å². The van der Waals surface area contributed by atoms with Gasteiger partial charge in [-0.05, 0) is 35.9 Å². The molecule has 2 aromatic rings.